The summed E-state index contributed by atoms with van der Waals surface area (Å²) < 4.78 is 5.21. The van der Waals surface area contributed by atoms with Gasteiger partial charge in [-0.3, -0.25) is 4.79 Å². The van der Waals surface area contributed by atoms with Crippen molar-refractivity contribution < 1.29 is 19.4 Å². The maximum Gasteiger partial charge on any atom is 0.344 e. The molecule has 86 valence electrons. The van der Waals surface area contributed by atoms with E-state index in [0.717, 1.165) is 0 Å². The van der Waals surface area contributed by atoms with Crippen molar-refractivity contribution in [2.45, 2.75) is 19.4 Å². The summed E-state index contributed by atoms with van der Waals surface area (Å²) in [5.41, 5.74) is 0.170. The molecule has 0 heterocycles. The number of carbonyl (C=O) groups is 2. The lowest BCUT2D eigenvalue weighted by atomic mass is 10.2. The number of aldehydes is 1. The molecular weight excluding hydrogens is 232 g/mol. The number of hydrogen-bond donors (Lipinski definition) is 1. The first-order valence-electron chi connectivity index (χ1n) is 4.73. The Morgan fingerprint density at radius 1 is 1.62 bits per heavy atom. The van der Waals surface area contributed by atoms with Crippen LogP contribution in [-0.2, 0) is 4.79 Å². The smallest absolute Gasteiger partial charge is 0.344 e. The molecule has 16 heavy (non-hydrogen) atoms. The van der Waals surface area contributed by atoms with Crippen molar-refractivity contribution in [3.8, 4) is 5.75 Å². The first-order chi connectivity index (χ1) is 7.60. The third kappa shape index (κ3) is 2.73. The number of ether oxygens (including phenoxy) is 1. The quantitative estimate of drug-likeness (QED) is 0.806. The predicted octanol–water partition coefficient (Wildman–Crippen LogP) is 2.39. The summed E-state index contributed by atoms with van der Waals surface area (Å²) in [5.74, 6) is -0.879. The molecule has 0 aliphatic carbocycles. The van der Waals surface area contributed by atoms with Gasteiger partial charge < -0.3 is 9.84 Å². The summed E-state index contributed by atoms with van der Waals surface area (Å²) in [6.07, 6.45) is -0.121. The normalized spacial score (nSPS) is 11.9. The van der Waals surface area contributed by atoms with E-state index in [2.05, 4.69) is 0 Å². The largest absolute Gasteiger partial charge is 0.479 e. The van der Waals surface area contributed by atoms with Gasteiger partial charge >= 0.3 is 5.97 Å². The molecule has 5 heteroatoms. The Kier molecular flexibility index (Phi) is 4.31. The summed E-state index contributed by atoms with van der Waals surface area (Å²) in [6.45, 7) is 1.68. The average Bonchev–Trinajstić information content (AvgIpc) is 2.25. The van der Waals surface area contributed by atoms with Gasteiger partial charge in [0.15, 0.2) is 12.4 Å². The molecule has 1 rings (SSSR count). The maximum atomic E-state index is 10.8. The zero-order valence-corrected chi connectivity index (χ0v) is 9.40. The van der Waals surface area contributed by atoms with Crippen LogP contribution in [0.15, 0.2) is 18.2 Å². The van der Waals surface area contributed by atoms with Crippen LogP contribution in [0.3, 0.4) is 0 Å². The number of rotatable bonds is 5. The molecule has 4 nitrogen and oxygen atoms in total. The lowest BCUT2D eigenvalue weighted by Gasteiger charge is -2.14. The van der Waals surface area contributed by atoms with Crippen LogP contribution in [0, 0.1) is 0 Å². The highest BCUT2D eigenvalue weighted by Gasteiger charge is 2.19. The summed E-state index contributed by atoms with van der Waals surface area (Å²) in [7, 11) is 0. The Morgan fingerprint density at radius 3 is 2.81 bits per heavy atom. The van der Waals surface area contributed by atoms with E-state index in [-0.39, 0.29) is 16.3 Å². The number of hydrogen-bond acceptors (Lipinski definition) is 3. The summed E-state index contributed by atoms with van der Waals surface area (Å²) in [6, 6.07) is 4.65. The van der Waals surface area contributed by atoms with Crippen LogP contribution in [0.2, 0.25) is 5.02 Å². The predicted molar refractivity (Wildman–Crippen MR) is 59.2 cm³/mol. The van der Waals surface area contributed by atoms with E-state index in [9.17, 15) is 9.59 Å². The highest BCUT2D eigenvalue weighted by Crippen LogP contribution is 2.25. The first-order valence-corrected chi connectivity index (χ1v) is 5.11. The Bertz CT molecular complexity index is 403. The Labute approximate surface area is 97.8 Å². The van der Waals surface area contributed by atoms with Gasteiger partial charge in [0.25, 0.3) is 0 Å². The van der Waals surface area contributed by atoms with Gasteiger partial charge in [0.05, 0.1) is 10.6 Å². The summed E-state index contributed by atoms with van der Waals surface area (Å²) in [4.78, 5) is 21.5. The van der Waals surface area contributed by atoms with Gasteiger partial charge in [0.1, 0.15) is 5.75 Å². The molecule has 1 unspecified atom stereocenters. The van der Waals surface area contributed by atoms with Gasteiger partial charge in [-0.25, -0.2) is 4.79 Å². The zero-order valence-electron chi connectivity index (χ0n) is 8.64. The van der Waals surface area contributed by atoms with Crippen LogP contribution in [0.5, 0.6) is 5.75 Å². The lowest BCUT2D eigenvalue weighted by molar-refractivity contribution is -0.145. The molecule has 0 radical (unpaired) electrons. The second kappa shape index (κ2) is 5.51. The van der Waals surface area contributed by atoms with E-state index in [0.29, 0.717) is 12.7 Å². The van der Waals surface area contributed by atoms with Crippen molar-refractivity contribution in [1.29, 1.82) is 0 Å². The minimum atomic E-state index is -1.07. The van der Waals surface area contributed by atoms with Crippen LogP contribution in [0.1, 0.15) is 23.7 Å². The molecule has 0 saturated carbocycles. The molecule has 1 aromatic carbocycles. The molecule has 1 N–H and O–H groups in total. The van der Waals surface area contributed by atoms with Crippen molar-refractivity contribution in [2.75, 3.05) is 0 Å². The Balaban J connectivity index is 3.00. The van der Waals surface area contributed by atoms with Gasteiger partial charge in [-0.05, 0) is 18.6 Å². The summed E-state index contributed by atoms with van der Waals surface area (Å²) >= 11 is 5.78. The third-order valence-corrected chi connectivity index (χ3v) is 2.38. The average molecular weight is 243 g/mol. The number of benzene rings is 1. The number of halogens is 1. The van der Waals surface area contributed by atoms with E-state index >= 15 is 0 Å². The van der Waals surface area contributed by atoms with Crippen LogP contribution < -0.4 is 4.74 Å². The van der Waals surface area contributed by atoms with Crippen LogP contribution in [0.25, 0.3) is 0 Å². The van der Waals surface area contributed by atoms with Gasteiger partial charge in [-0.2, -0.15) is 0 Å². The summed E-state index contributed by atoms with van der Waals surface area (Å²) in [5, 5.41) is 9.06. The number of aliphatic carboxylic acids is 1. The molecule has 0 spiro atoms. The molecule has 0 saturated heterocycles. The molecular formula is C11H11ClO4. The van der Waals surface area contributed by atoms with Crippen molar-refractivity contribution in [3.63, 3.8) is 0 Å². The Morgan fingerprint density at radius 2 is 2.31 bits per heavy atom. The number of carbonyl (C=O) groups excluding carboxylic acids is 1. The molecule has 0 fully saturated rings. The van der Waals surface area contributed by atoms with Crippen molar-refractivity contribution in [2.24, 2.45) is 0 Å². The van der Waals surface area contributed by atoms with E-state index in [1.54, 1.807) is 19.1 Å². The van der Waals surface area contributed by atoms with E-state index in [1.165, 1.54) is 6.07 Å². The molecule has 0 amide bonds. The number of carboxylic acids is 1. The Hall–Kier alpha value is -1.55. The molecule has 0 aromatic heterocycles. The second-order valence-corrected chi connectivity index (χ2v) is 3.53. The maximum absolute atomic E-state index is 10.8. The lowest BCUT2D eigenvalue weighted by Crippen LogP contribution is -2.26. The number of carboxylic acid groups (broad SMARTS) is 1. The van der Waals surface area contributed by atoms with Gasteiger partial charge in [0, 0.05) is 0 Å². The zero-order chi connectivity index (χ0) is 12.1. The van der Waals surface area contributed by atoms with Gasteiger partial charge in [-0.1, -0.05) is 24.6 Å². The van der Waals surface area contributed by atoms with Crippen molar-refractivity contribution in [1.82, 2.24) is 0 Å². The standard InChI is InChI=1S/C11H11ClO4/c1-2-9(11(14)15)16-10-5-3-4-8(12)7(10)6-13/h3-6,9H,2H2,1H3,(H,14,15). The molecule has 0 aliphatic rings. The van der Waals surface area contributed by atoms with Gasteiger partial charge in [-0.15, -0.1) is 0 Å². The highest BCUT2D eigenvalue weighted by atomic mass is 35.5. The van der Waals surface area contributed by atoms with Gasteiger partial charge in [0.2, 0.25) is 0 Å². The van der Waals surface area contributed by atoms with E-state index in [4.69, 9.17) is 21.4 Å². The van der Waals surface area contributed by atoms with Crippen LogP contribution in [-0.4, -0.2) is 23.5 Å². The first kappa shape index (κ1) is 12.5. The van der Waals surface area contributed by atoms with Crippen molar-refractivity contribution >= 4 is 23.9 Å². The molecule has 0 bridgehead atoms. The minimum Gasteiger partial charge on any atom is -0.479 e. The minimum absolute atomic E-state index is 0.170. The topological polar surface area (TPSA) is 63.6 Å². The SMILES string of the molecule is CCC(Oc1cccc(Cl)c1C=O)C(=O)O. The highest BCUT2D eigenvalue weighted by molar-refractivity contribution is 6.33. The molecule has 1 aromatic rings. The third-order valence-electron chi connectivity index (χ3n) is 2.05. The second-order valence-electron chi connectivity index (χ2n) is 3.12. The van der Waals surface area contributed by atoms with E-state index < -0.39 is 12.1 Å². The molecule has 1 atom stereocenters. The fraction of sp³-hybridized carbons (Fsp3) is 0.273. The molecule has 0 aliphatic heterocycles. The van der Waals surface area contributed by atoms with Crippen LogP contribution >= 0.6 is 11.6 Å². The van der Waals surface area contributed by atoms with Crippen molar-refractivity contribution in [3.05, 3.63) is 28.8 Å². The monoisotopic (exact) mass is 242 g/mol. The van der Waals surface area contributed by atoms with Crippen LogP contribution in [0.4, 0.5) is 0 Å². The van der Waals surface area contributed by atoms with E-state index in [1.807, 2.05) is 0 Å². The fourth-order valence-corrected chi connectivity index (χ4v) is 1.41. The fourth-order valence-electron chi connectivity index (χ4n) is 1.20.